The van der Waals surface area contributed by atoms with Gasteiger partial charge in [0.15, 0.2) is 0 Å². The van der Waals surface area contributed by atoms with Crippen molar-refractivity contribution in [3.05, 3.63) is 75.5 Å². The second-order valence-corrected chi connectivity index (χ2v) is 7.37. The first-order chi connectivity index (χ1) is 14.5. The van der Waals surface area contributed by atoms with Gasteiger partial charge in [0.2, 0.25) is 5.13 Å². The third-order valence-electron chi connectivity index (χ3n) is 3.80. The van der Waals surface area contributed by atoms with Crippen molar-refractivity contribution in [2.24, 2.45) is 5.10 Å². The Labute approximate surface area is 182 Å². The van der Waals surface area contributed by atoms with Crippen molar-refractivity contribution in [2.75, 3.05) is 12.0 Å². The predicted molar refractivity (Wildman–Crippen MR) is 116 cm³/mol. The summed E-state index contributed by atoms with van der Waals surface area (Å²) in [5.74, 6) is -0.123. The summed E-state index contributed by atoms with van der Waals surface area (Å²) in [5, 5.41) is 6.59. The fraction of sp³-hybridized carbons (Fsp3) is 0.190. The molecule has 1 aromatic heterocycles. The molecule has 3 aromatic rings. The molecule has 0 aliphatic carbocycles. The first kappa shape index (κ1) is 21.7. The first-order valence-electron chi connectivity index (χ1n) is 9.09. The highest BCUT2D eigenvalue weighted by molar-refractivity contribution is 7.13. The van der Waals surface area contributed by atoms with Gasteiger partial charge in [-0.25, -0.2) is 9.37 Å². The number of halogens is 2. The minimum absolute atomic E-state index is 0.0654. The Kier molecular flexibility index (Phi) is 7.75. The van der Waals surface area contributed by atoms with Crippen molar-refractivity contribution < 1.29 is 18.7 Å². The number of benzene rings is 2. The molecule has 0 amide bonds. The Hall–Kier alpha value is -2.97. The number of nitrogens with one attached hydrogen (secondary N) is 1. The van der Waals surface area contributed by atoms with Crippen LogP contribution in [0.1, 0.15) is 23.7 Å². The van der Waals surface area contributed by atoms with E-state index < -0.39 is 5.82 Å². The molecule has 30 heavy (non-hydrogen) atoms. The van der Waals surface area contributed by atoms with Gasteiger partial charge in [0.05, 0.1) is 30.0 Å². The second-order valence-electron chi connectivity index (χ2n) is 6.11. The average molecular weight is 448 g/mol. The first-order valence-corrected chi connectivity index (χ1v) is 10.3. The number of hydrazone groups is 1. The highest BCUT2D eigenvalue weighted by atomic mass is 35.5. The number of hydrogen-bond donors (Lipinski definition) is 1. The highest BCUT2D eigenvalue weighted by Crippen LogP contribution is 2.19. The van der Waals surface area contributed by atoms with E-state index in [0.717, 1.165) is 11.1 Å². The van der Waals surface area contributed by atoms with Crippen molar-refractivity contribution in [1.82, 2.24) is 4.98 Å². The molecule has 0 aliphatic heterocycles. The number of carbonyl (C=O) groups excluding carboxylic acids is 1. The summed E-state index contributed by atoms with van der Waals surface area (Å²) < 4.78 is 23.9. The van der Waals surface area contributed by atoms with Crippen molar-refractivity contribution in [3.8, 4) is 5.75 Å². The maximum atomic E-state index is 13.2. The second kappa shape index (κ2) is 10.7. The summed E-state index contributed by atoms with van der Waals surface area (Å²) in [5.41, 5.74) is 5.06. The molecule has 2 aromatic carbocycles. The van der Waals surface area contributed by atoms with E-state index in [0.29, 0.717) is 23.2 Å². The summed E-state index contributed by atoms with van der Waals surface area (Å²) in [6, 6.07) is 11.8. The number of carbonyl (C=O) groups is 1. The molecule has 156 valence electrons. The van der Waals surface area contributed by atoms with Gasteiger partial charge in [-0.2, -0.15) is 5.10 Å². The minimum atomic E-state index is -0.459. The molecule has 1 N–H and O–H groups in total. The molecule has 0 atom stereocenters. The monoisotopic (exact) mass is 447 g/mol. The number of anilines is 1. The highest BCUT2D eigenvalue weighted by Gasteiger charge is 2.08. The van der Waals surface area contributed by atoms with Gasteiger partial charge in [-0.15, -0.1) is 11.3 Å². The van der Waals surface area contributed by atoms with Gasteiger partial charge in [-0.1, -0.05) is 29.8 Å². The Morgan fingerprint density at radius 1 is 1.33 bits per heavy atom. The van der Waals surface area contributed by atoms with Gasteiger partial charge in [0, 0.05) is 5.38 Å². The van der Waals surface area contributed by atoms with E-state index in [1.807, 2.05) is 24.3 Å². The largest absolute Gasteiger partial charge is 0.489 e. The Bertz CT molecular complexity index is 1040. The maximum Gasteiger partial charge on any atom is 0.311 e. The molecule has 6 nitrogen and oxygen atoms in total. The van der Waals surface area contributed by atoms with Crippen LogP contribution in [0.3, 0.4) is 0 Å². The van der Waals surface area contributed by atoms with Crippen LogP contribution in [0, 0.1) is 5.82 Å². The van der Waals surface area contributed by atoms with Gasteiger partial charge in [-0.3, -0.25) is 10.2 Å². The van der Waals surface area contributed by atoms with E-state index in [2.05, 4.69) is 15.5 Å². The number of esters is 1. The van der Waals surface area contributed by atoms with Crippen molar-refractivity contribution in [2.45, 2.75) is 20.0 Å². The van der Waals surface area contributed by atoms with Crippen LogP contribution in [0.2, 0.25) is 5.02 Å². The summed E-state index contributed by atoms with van der Waals surface area (Å²) in [6.45, 7) is 2.37. The lowest BCUT2D eigenvalue weighted by atomic mass is 10.2. The molecule has 9 heteroatoms. The Morgan fingerprint density at radius 2 is 2.20 bits per heavy atom. The third kappa shape index (κ3) is 6.53. The number of aromatic nitrogens is 1. The Morgan fingerprint density at radius 3 is 3.00 bits per heavy atom. The van der Waals surface area contributed by atoms with Crippen LogP contribution in [-0.2, 0) is 22.6 Å². The van der Waals surface area contributed by atoms with Crippen LogP contribution in [0.4, 0.5) is 9.52 Å². The molecule has 0 fully saturated rings. The van der Waals surface area contributed by atoms with E-state index in [-0.39, 0.29) is 24.0 Å². The van der Waals surface area contributed by atoms with E-state index in [4.69, 9.17) is 21.1 Å². The van der Waals surface area contributed by atoms with E-state index in [1.54, 1.807) is 24.6 Å². The molecule has 3 rings (SSSR count). The fourth-order valence-electron chi connectivity index (χ4n) is 2.44. The number of rotatable bonds is 9. The van der Waals surface area contributed by atoms with Crippen LogP contribution in [0.25, 0.3) is 0 Å². The topological polar surface area (TPSA) is 72.8 Å². The minimum Gasteiger partial charge on any atom is -0.489 e. The molecule has 0 aliphatic rings. The normalized spacial score (nSPS) is 10.9. The lowest BCUT2D eigenvalue weighted by Crippen LogP contribution is -2.07. The molecule has 0 saturated heterocycles. The summed E-state index contributed by atoms with van der Waals surface area (Å²) >= 11 is 7.14. The standard InChI is InChI=1S/C21H19ClFN3O3S/c1-2-28-20(27)10-16-13-30-21(25-16)26-24-11-14-4-3-5-17(8-14)29-12-15-6-7-19(23)18(22)9-15/h3-9,11,13H,2,10,12H2,1H3,(H,25,26). The zero-order valence-corrected chi connectivity index (χ0v) is 17.7. The van der Waals surface area contributed by atoms with Gasteiger partial charge in [0.1, 0.15) is 18.2 Å². The van der Waals surface area contributed by atoms with E-state index >= 15 is 0 Å². The van der Waals surface area contributed by atoms with Gasteiger partial charge >= 0.3 is 5.97 Å². The quantitative estimate of drug-likeness (QED) is 0.282. The fourth-order valence-corrected chi connectivity index (χ4v) is 3.30. The molecule has 0 spiro atoms. The Balaban J connectivity index is 1.53. The zero-order valence-electron chi connectivity index (χ0n) is 16.1. The molecular formula is C21H19ClFN3O3S. The third-order valence-corrected chi connectivity index (χ3v) is 4.89. The molecule has 1 heterocycles. The SMILES string of the molecule is CCOC(=O)Cc1csc(NN=Cc2cccc(OCc3ccc(F)c(Cl)c3)c2)n1. The summed E-state index contributed by atoms with van der Waals surface area (Å²) in [4.78, 5) is 15.8. The van der Waals surface area contributed by atoms with Gasteiger partial charge in [-0.05, 0) is 42.3 Å². The maximum absolute atomic E-state index is 13.2. The average Bonchev–Trinajstić information content (AvgIpc) is 3.16. The number of thiazole rings is 1. The van der Waals surface area contributed by atoms with Crippen LogP contribution in [0.15, 0.2) is 52.9 Å². The van der Waals surface area contributed by atoms with E-state index in [9.17, 15) is 9.18 Å². The molecule has 0 saturated carbocycles. The molecule has 0 unspecified atom stereocenters. The molecule has 0 radical (unpaired) electrons. The van der Waals surface area contributed by atoms with Crippen LogP contribution >= 0.6 is 22.9 Å². The molecule has 0 bridgehead atoms. The van der Waals surface area contributed by atoms with Gasteiger partial charge < -0.3 is 9.47 Å². The van der Waals surface area contributed by atoms with Crippen LogP contribution in [0.5, 0.6) is 5.75 Å². The van der Waals surface area contributed by atoms with E-state index in [1.165, 1.54) is 23.5 Å². The summed E-state index contributed by atoms with van der Waals surface area (Å²) in [7, 11) is 0. The van der Waals surface area contributed by atoms with Crippen molar-refractivity contribution in [3.63, 3.8) is 0 Å². The zero-order chi connectivity index (χ0) is 21.3. The number of nitrogens with zero attached hydrogens (tertiary/aromatic N) is 2. The number of hydrogen-bond acceptors (Lipinski definition) is 7. The lowest BCUT2D eigenvalue weighted by molar-refractivity contribution is -0.142. The lowest BCUT2D eigenvalue weighted by Gasteiger charge is -2.07. The van der Waals surface area contributed by atoms with Crippen molar-refractivity contribution in [1.29, 1.82) is 0 Å². The number of ether oxygens (including phenoxy) is 2. The smallest absolute Gasteiger partial charge is 0.311 e. The van der Waals surface area contributed by atoms with Crippen molar-refractivity contribution >= 4 is 40.3 Å². The van der Waals surface area contributed by atoms with Gasteiger partial charge in [0.25, 0.3) is 0 Å². The summed E-state index contributed by atoms with van der Waals surface area (Å²) in [6.07, 6.45) is 1.77. The van der Waals surface area contributed by atoms with Crippen LogP contribution in [-0.4, -0.2) is 23.8 Å². The molecular weight excluding hydrogens is 429 g/mol. The predicted octanol–water partition coefficient (Wildman–Crippen LogP) is 5.07. The van der Waals surface area contributed by atoms with Crippen LogP contribution < -0.4 is 10.2 Å².